The van der Waals surface area contributed by atoms with Gasteiger partial charge in [0.1, 0.15) is 0 Å². The Morgan fingerprint density at radius 3 is 2.56 bits per heavy atom. The van der Waals surface area contributed by atoms with E-state index in [0.29, 0.717) is 6.04 Å². The highest BCUT2D eigenvalue weighted by Gasteiger charge is 2.11. The largest absolute Gasteiger partial charge is 0.478 e. The lowest BCUT2D eigenvalue weighted by Gasteiger charge is -2.15. The van der Waals surface area contributed by atoms with Crippen LogP contribution in [0.3, 0.4) is 0 Å². The summed E-state index contributed by atoms with van der Waals surface area (Å²) in [4.78, 5) is 14.9. The number of hydrogen-bond acceptors (Lipinski definition) is 3. The third-order valence-electron chi connectivity index (χ3n) is 3.50. The highest BCUT2D eigenvalue weighted by Crippen LogP contribution is 2.17. The van der Waals surface area contributed by atoms with Gasteiger partial charge in [-0.05, 0) is 25.0 Å². The average Bonchev–Trinajstić information content (AvgIpc) is 2.65. The van der Waals surface area contributed by atoms with Gasteiger partial charge in [-0.1, -0.05) is 25.7 Å². The molecule has 0 unspecified atom stereocenters. The summed E-state index contributed by atoms with van der Waals surface area (Å²) in [5.41, 5.74) is 1.15. The van der Waals surface area contributed by atoms with Crippen LogP contribution >= 0.6 is 0 Å². The van der Waals surface area contributed by atoms with Crippen molar-refractivity contribution in [3.63, 3.8) is 0 Å². The number of carboxylic acid groups (broad SMARTS) is 1. The molecular formula is C14H20N2O2. The quantitative estimate of drug-likeness (QED) is 0.804. The van der Waals surface area contributed by atoms with Crippen LogP contribution < -0.4 is 5.32 Å². The molecule has 0 spiro atoms. The van der Waals surface area contributed by atoms with Gasteiger partial charge in [0.2, 0.25) is 0 Å². The Kier molecular flexibility index (Phi) is 4.70. The smallest absolute Gasteiger partial charge is 0.337 e. The summed E-state index contributed by atoms with van der Waals surface area (Å²) in [6.07, 6.45) is 9.23. The third kappa shape index (κ3) is 3.81. The van der Waals surface area contributed by atoms with Gasteiger partial charge in [0.15, 0.2) is 0 Å². The van der Waals surface area contributed by atoms with Crippen molar-refractivity contribution < 1.29 is 9.90 Å². The van der Waals surface area contributed by atoms with E-state index in [1.807, 2.05) is 0 Å². The van der Waals surface area contributed by atoms with Crippen molar-refractivity contribution in [1.82, 2.24) is 10.3 Å². The lowest BCUT2D eigenvalue weighted by Crippen LogP contribution is -2.28. The summed E-state index contributed by atoms with van der Waals surface area (Å²) in [7, 11) is 0. The van der Waals surface area contributed by atoms with Crippen molar-refractivity contribution in [2.24, 2.45) is 0 Å². The molecule has 0 saturated heterocycles. The number of rotatable bonds is 4. The molecule has 1 aromatic rings. The Hall–Kier alpha value is -1.42. The highest BCUT2D eigenvalue weighted by molar-refractivity contribution is 5.87. The van der Waals surface area contributed by atoms with Crippen LogP contribution in [0, 0.1) is 0 Å². The zero-order valence-corrected chi connectivity index (χ0v) is 10.6. The SMILES string of the molecule is O=C(O)c1ccc(CNC2CCCCCC2)nc1. The Morgan fingerprint density at radius 2 is 2.00 bits per heavy atom. The molecule has 4 nitrogen and oxygen atoms in total. The third-order valence-corrected chi connectivity index (χ3v) is 3.50. The Morgan fingerprint density at radius 1 is 1.28 bits per heavy atom. The molecule has 0 aromatic carbocycles. The molecule has 1 aliphatic rings. The number of nitrogens with one attached hydrogen (secondary N) is 1. The summed E-state index contributed by atoms with van der Waals surface area (Å²) in [5, 5.41) is 12.3. The van der Waals surface area contributed by atoms with Gasteiger partial charge in [0.25, 0.3) is 0 Å². The summed E-state index contributed by atoms with van der Waals surface area (Å²) >= 11 is 0. The first-order valence-corrected chi connectivity index (χ1v) is 6.67. The molecule has 0 bridgehead atoms. The lowest BCUT2D eigenvalue weighted by molar-refractivity contribution is 0.0696. The van der Waals surface area contributed by atoms with Crippen molar-refractivity contribution in [1.29, 1.82) is 0 Å². The summed E-state index contributed by atoms with van der Waals surface area (Å²) in [6.45, 7) is 0.727. The molecule has 0 aliphatic heterocycles. The molecule has 4 heteroatoms. The highest BCUT2D eigenvalue weighted by atomic mass is 16.4. The van der Waals surface area contributed by atoms with Gasteiger partial charge in [-0.2, -0.15) is 0 Å². The number of pyridine rings is 1. The minimum Gasteiger partial charge on any atom is -0.478 e. The number of carbonyl (C=O) groups is 1. The van der Waals surface area contributed by atoms with E-state index < -0.39 is 5.97 Å². The molecule has 1 heterocycles. The van der Waals surface area contributed by atoms with Crippen LogP contribution in [0.25, 0.3) is 0 Å². The van der Waals surface area contributed by atoms with Gasteiger partial charge in [-0.3, -0.25) is 4.98 Å². The Bertz CT molecular complexity index is 381. The van der Waals surface area contributed by atoms with E-state index in [2.05, 4.69) is 10.3 Å². The van der Waals surface area contributed by atoms with Crippen LogP contribution in [0.5, 0.6) is 0 Å². The van der Waals surface area contributed by atoms with E-state index in [9.17, 15) is 4.79 Å². The standard InChI is InChI=1S/C14H20N2O2/c17-14(18)11-7-8-13(15-9-11)10-16-12-5-3-1-2-4-6-12/h7-9,12,16H,1-6,10H2,(H,17,18). The van der Waals surface area contributed by atoms with Gasteiger partial charge in [0, 0.05) is 18.8 Å². The first-order chi connectivity index (χ1) is 8.75. The Balaban J connectivity index is 1.83. The zero-order valence-electron chi connectivity index (χ0n) is 10.6. The number of carboxylic acids is 1. The van der Waals surface area contributed by atoms with E-state index in [0.717, 1.165) is 12.2 Å². The fourth-order valence-corrected chi connectivity index (χ4v) is 2.39. The first-order valence-electron chi connectivity index (χ1n) is 6.67. The van der Waals surface area contributed by atoms with Crippen LogP contribution in [0.2, 0.25) is 0 Å². The predicted octanol–water partition coefficient (Wildman–Crippen LogP) is 2.59. The molecule has 98 valence electrons. The monoisotopic (exact) mass is 248 g/mol. The van der Waals surface area contributed by atoms with Crippen molar-refractivity contribution in [2.75, 3.05) is 0 Å². The van der Waals surface area contributed by atoms with Gasteiger partial charge in [0.05, 0.1) is 11.3 Å². The summed E-state index contributed by atoms with van der Waals surface area (Å²) in [5.74, 6) is -0.925. The van der Waals surface area contributed by atoms with Crippen molar-refractivity contribution in [3.8, 4) is 0 Å². The molecule has 18 heavy (non-hydrogen) atoms. The molecule has 0 amide bonds. The first kappa shape index (κ1) is 13.0. The van der Waals surface area contributed by atoms with Crippen LogP contribution in [0.1, 0.15) is 54.6 Å². The predicted molar refractivity (Wildman–Crippen MR) is 69.5 cm³/mol. The van der Waals surface area contributed by atoms with Crippen LogP contribution in [0.15, 0.2) is 18.3 Å². The molecule has 2 rings (SSSR count). The second kappa shape index (κ2) is 6.50. The maximum Gasteiger partial charge on any atom is 0.337 e. The van der Waals surface area contributed by atoms with Gasteiger partial charge in [-0.15, -0.1) is 0 Å². The summed E-state index contributed by atoms with van der Waals surface area (Å²) < 4.78 is 0. The van der Waals surface area contributed by atoms with Crippen molar-refractivity contribution >= 4 is 5.97 Å². The molecular weight excluding hydrogens is 228 g/mol. The topological polar surface area (TPSA) is 62.2 Å². The number of hydrogen-bond donors (Lipinski definition) is 2. The number of aromatic carboxylic acids is 1. The molecule has 1 fully saturated rings. The lowest BCUT2D eigenvalue weighted by atomic mass is 10.1. The van der Waals surface area contributed by atoms with Gasteiger partial charge < -0.3 is 10.4 Å². The summed E-state index contributed by atoms with van der Waals surface area (Å²) in [6, 6.07) is 3.99. The number of aromatic nitrogens is 1. The molecule has 0 radical (unpaired) electrons. The van der Waals surface area contributed by atoms with E-state index in [1.54, 1.807) is 12.1 Å². The van der Waals surface area contributed by atoms with Gasteiger partial charge >= 0.3 is 5.97 Å². The fraction of sp³-hybridized carbons (Fsp3) is 0.571. The van der Waals surface area contributed by atoms with E-state index in [4.69, 9.17) is 5.11 Å². The van der Waals surface area contributed by atoms with Gasteiger partial charge in [-0.25, -0.2) is 4.79 Å². The maximum atomic E-state index is 10.7. The van der Waals surface area contributed by atoms with Crippen molar-refractivity contribution in [3.05, 3.63) is 29.6 Å². The molecule has 0 atom stereocenters. The zero-order chi connectivity index (χ0) is 12.8. The second-order valence-corrected chi connectivity index (χ2v) is 4.91. The van der Waals surface area contributed by atoms with Crippen LogP contribution in [0.4, 0.5) is 0 Å². The maximum absolute atomic E-state index is 10.7. The molecule has 2 N–H and O–H groups in total. The van der Waals surface area contributed by atoms with Crippen molar-refractivity contribution in [2.45, 2.75) is 51.1 Å². The van der Waals surface area contributed by atoms with Crippen LogP contribution in [-0.2, 0) is 6.54 Å². The molecule has 1 aromatic heterocycles. The molecule has 1 aliphatic carbocycles. The average molecular weight is 248 g/mol. The minimum atomic E-state index is -0.925. The minimum absolute atomic E-state index is 0.244. The van der Waals surface area contributed by atoms with E-state index in [-0.39, 0.29) is 5.56 Å². The van der Waals surface area contributed by atoms with E-state index in [1.165, 1.54) is 44.7 Å². The van der Waals surface area contributed by atoms with E-state index >= 15 is 0 Å². The number of nitrogens with zero attached hydrogens (tertiary/aromatic N) is 1. The second-order valence-electron chi connectivity index (χ2n) is 4.91. The molecule has 1 saturated carbocycles. The fourth-order valence-electron chi connectivity index (χ4n) is 2.39. The van der Waals surface area contributed by atoms with Crippen LogP contribution in [-0.4, -0.2) is 22.1 Å². The normalized spacial score (nSPS) is 17.3. The Labute approximate surface area is 107 Å².